The Hall–Kier alpha value is -4.15. The molecule has 1 fully saturated rings. The van der Waals surface area contributed by atoms with E-state index in [0.717, 1.165) is 61.4 Å². The van der Waals surface area contributed by atoms with Gasteiger partial charge in [-0.05, 0) is 60.8 Å². The highest BCUT2D eigenvalue weighted by atomic mass is 16.1. The first kappa shape index (κ1) is 22.6. The summed E-state index contributed by atoms with van der Waals surface area (Å²) < 4.78 is 1.64. The molecule has 176 valence electrons. The van der Waals surface area contributed by atoms with Gasteiger partial charge in [-0.25, -0.2) is 4.85 Å². The smallest absolute Gasteiger partial charge is 0.255 e. The van der Waals surface area contributed by atoms with Crippen molar-refractivity contribution in [1.29, 1.82) is 0 Å². The van der Waals surface area contributed by atoms with Crippen molar-refractivity contribution in [1.82, 2.24) is 14.5 Å². The average molecular weight is 466 g/mol. The number of piperazine rings is 1. The summed E-state index contributed by atoms with van der Waals surface area (Å²) in [4.78, 5) is 36.2. The molecule has 7 nitrogen and oxygen atoms in total. The lowest BCUT2D eigenvalue weighted by Gasteiger charge is -2.36. The van der Waals surface area contributed by atoms with Gasteiger partial charge in [0.25, 0.3) is 5.56 Å². The molecule has 4 aromatic rings. The van der Waals surface area contributed by atoms with E-state index < -0.39 is 0 Å². The summed E-state index contributed by atoms with van der Waals surface area (Å²) in [6, 6.07) is 18.7. The fraction of sp³-hybridized carbons (Fsp3) is 0.250. The fourth-order valence-electron chi connectivity index (χ4n) is 4.70. The molecule has 2 aromatic carbocycles. The van der Waals surface area contributed by atoms with Gasteiger partial charge in [0, 0.05) is 73.5 Å². The molecule has 1 aliphatic heterocycles. The number of hydrogen-bond donors (Lipinski definition) is 1. The van der Waals surface area contributed by atoms with Crippen molar-refractivity contribution in [3.8, 4) is 5.69 Å². The molecule has 0 spiro atoms. The maximum Gasteiger partial charge on any atom is 0.255 e. The monoisotopic (exact) mass is 465 g/mol. The van der Waals surface area contributed by atoms with Crippen LogP contribution in [0.2, 0.25) is 0 Å². The second kappa shape index (κ2) is 10.00. The summed E-state index contributed by atoms with van der Waals surface area (Å²) in [5.74, 6) is 0.120. The van der Waals surface area contributed by atoms with Crippen LogP contribution in [0.3, 0.4) is 0 Å². The van der Waals surface area contributed by atoms with Gasteiger partial charge >= 0.3 is 0 Å². The van der Waals surface area contributed by atoms with Crippen LogP contribution in [0, 0.1) is 6.57 Å². The van der Waals surface area contributed by atoms with Crippen LogP contribution in [0.1, 0.15) is 23.2 Å². The normalized spacial score (nSPS) is 14.2. The van der Waals surface area contributed by atoms with E-state index >= 15 is 0 Å². The summed E-state index contributed by atoms with van der Waals surface area (Å²) in [5, 5.41) is 0.834. The Morgan fingerprint density at radius 1 is 0.971 bits per heavy atom. The third kappa shape index (κ3) is 4.88. The highest BCUT2D eigenvalue weighted by molar-refractivity contribution is 6.08. The Labute approximate surface area is 204 Å². The van der Waals surface area contributed by atoms with E-state index in [4.69, 9.17) is 6.57 Å². The molecule has 0 radical (unpaired) electrons. The van der Waals surface area contributed by atoms with Crippen molar-refractivity contribution >= 4 is 28.1 Å². The molecule has 0 amide bonds. The van der Waals surface area contributed by atoms with E-state index in [1.165, 1.54) is 0 Å². The van der Waals surface area contributed by atoms with Crippen molar-refractivity contribution in [2.75, 3.05) is 37.6 Å². The van der Waals surface area contributed by atoms with E-state index in [0.29, 0.717) is 17.7 Å². The Kier molecular flexibility index (Phi) is 6.47. The molecular formula is C28H27N5O2. The Morgan fingerprint density at radius 2 is 1.74 bits per heavy atom. The van der Waals surface area contributed by atoms with Gasteiger partial charge in [-0.2, -0.15) is 0 Å². The number of fused-ring (bicyclic) bond motifs is 1. The first-order valence-electron chi connectivity index (χ1n) is 11.9. The van der Waals surface area contributed by atoms with Crippen LogP contribution in [0.4, 0.5) is 11.4 Å². The minimum Gasteiger partial charge on any atom is -0.369 e. The quantitative estimate of drug-likeness (QED) is 0.319. The fourth-order valence-corrected chi connectivity index (χ4v) is 4.70. The van der Waals surface area contributed by atoms with Crippen molar-refractivity contribution in [3.63, 3.8) is 0 Å². The van der Waals surface area contributed by atoms with Crippen LogP contribution in [0.15, 0.2) is 77.9 Å². The predicted molar refractivity (Wildman–Crippen MR) is 139 cm³/mol. The summed E-state index contributed by atoms with van der Waals surface area (Å²) in [7, 11) is 0. The van der Waals surface area contributed by atoms with Gasteiger partial charge in [-0.1, -0.05) is 12.1 Å². The molecule has 35 heavy (non-hydrogen) atoms. The largest absolute Gasteiger partial charge is 0.369 e. The molecular weight excluding hydrogens is 438 g/mol. The first-order chi connectivity index (χ1) is 17.1. The number of benzene rings is 2. The average Bonchev–Trinajstić information content (AvgIpc) is 3.33. The lowest BCUT2D eigenvalue weighted by molar-refractivity contribution is 0.0976. The zero-order chi connectivity index (χ0) is 24.2. The number of H-pyrrole nitrogens is 1. The highest BCUT2D eigenvalue weighted by Gasteiger charge is 2.18. The minimum atomic E-state index is -0.0369. The number of carbonyl (C=O) groups is 1. The number of nitrogens with zero attached hydrogens (tertiary/aromatic N) is 4. The number of hydrogen-bond acceptors (Lipinski definition) is 4. The molecule has 0 saturated carbocycles. The lowest BCUT2D eigenvalue weighted by atomic mass is 10.0. The van der Waals surface area contributed by atoms with Crippen LogP contribution in [-0.2, 0) is 0 Å². The Morgan fingerprint density at radius 3 is 2.49 bits per heavy atom. The molecule has 7 heteroatoms. The zero-order valence-electron chi connectivity index (χ0n) is 19.5. The maximum atomic E-state index is 12.8. The van der Waals surface area contributed by atoms with Gasteiger partial charge in [-0.3, -0.25) is 19.1 Å². The van der Waals surface area contributed by atoms with Crippen molar-refractivity contribution < 1.29 is 4.79 Å². The molecule has 0 unspecified atom stereocenters. The summed E-state index contributed by atoms with van der Waals surface area (Å²) in [6.45, 7) is 11.9. The van der Waals surface area contributed by atoms with Crippen molar-refractivity contribution in [2.24, 2.45) is 0 Å². The third-order valence-corrected chi connectivity index (χ3v) is 6.66. The van der Waals surface area contributed by atoms with E-state index in [-0.39, 0.29) is 11.3 Å². The first-order valence-corrected chi connectivity index (χ1v) is 11.9. The van der Waals surface area contributed by atoms with Crippen LogP contribution in [0.25, 0.3) is 21.4 Å². The number of pyridine rings is 1. The molecule has 3 heterocycles. The van der Waals surface area contributed by atoms with Crippen LogP contribution in [-0.4, -0.2) is 53.0 Å². The van der Waals surface area contributed by atoms with Gasteiger partial charge in [0.1, 0.15) is 0 Å². The highest BCUT2D eigenvalue weighted by Crippen LogP contribution is 2.25. The van der Waals surface area contributed by atoms with Gasteiger partial charge in [-0.15, -0.1) is 0 Å². The predicted octanol–water partition coefficient (Wildman–Crippen LogP) is 4.65. The molecule has 1 N–H and O–H groups in total. The molecule has 0 atom stereocenters. The van der Waals surface area contributed by atoms with Gasteiger partial charge < -0.3 is 9.88 Å². The van der Waals surface area contributed by atoms with Crippen LogP contribution < -0.4 is 10.5 Å². The molecule has 0 bridgehead atoms. The summed E-state index contributed by atoms with van der Waals surface area (Å²) in [6.07, 6.45) is 4.85. The second-order valence-electron chi connectivity index (χ2n) is 8.82. The van der Waals surface area contributed by atoms with Gasteiger partial charge in [0.05, 0.1) is 6.57 Å². The molecule has 2 aromatic heterocycles. The molecule has 1 saturated heterocycles. The van der Waals surface area contributed by atoms with Gasteiger partial charge in [0.2, 0.25) is 0 Å². The number of rotatable bonds is 7. The topological polar surface area (TPSA) is 65.7 Å². The third-order valence-electron chi connectivity index (χ3n) is 6.66. The lowest BCUT2D eigenvalue weighted by Crippen LogP contribution is -2.46. The van der Waals surface area contributed by atoms with Crippen molar-refractivity contribution in [3.05, 3.63) is 100 Å². The number of carbonyl (C=O) groups excluding carboxylic acids is 1. The molecule has 5 rings (SSSR count). The number of aromatic amines is 1. The summed E-state index contributed by atoms with van der Waals surface area (Å²) in [5.41, 5.74) is 4.10. The SMILES string of the molecule is [C-]#[N+]c1ccc2[nH]cc(C(=O)CCCN3CCN(c4ccc(-n5ccccc5=O)cc4)CC3)c2c1. The number of ketones is 1. The van der Waals surface area contributed by atoms with E-state index in [1.807, 2.05) is 24.3 Å². The van der Waals surface area contributed by atoms with E-state index in [9.17, 15) is 9.59 Å². The number of anilines is 1. The Bertz CT molecular complexity index is 1440. The van der Waals surface area contributed by atoms with Crippen LogP contribution >= 0.6 is 0 Å². The zero-order valence-corrected chi connectivity index (χ0v) is 19.5. The van der Waals surface area contributed by atoms with Crippen LogP contribution in [0.5, 0.6) is 0 Å². The van der Waals surface area contributed by atoms with E-state index in [1.54, 1.807) is 41.2 Å². The standard InChI is InChI=1S/C28H27N5O2/c1-29-21-7-12-26-24(19-21)25(20-30-26)27(34)5-4-13-31-15-17-32(18-16-31)22-8-10-23(11-9-22)33-14-3-2-6-28(33)35/h2-3,6-12,14,19-20,30H,4-5,13,15-18H2. The van der Waals surface area contributed by atoms with Gasteiger partial charge in [0.15, 0.2) is 11.5 Å². The number of nitrogens with one attached hydrogen (secondary N) is 1. The minimum absolute atomic E-state index is 0.0369. The maximum absolute atomic E-state index is 12.8. The molecule has 0 aliphatic carbocycles. The second-order valence-corrected chi connectivity index (χ2v) is 8.82. The Balaban J connectivity index is 1.11. The number of Topliss-reactive ketones (excluding diaryl/α,β-unsaturated/α-hetero) is 1. The van der Waals surface area contributed by atoms with E-state index in [2.05, 4.69) is 31.8 Å². The summed E-state index contributed by atoms with van der Waals surface area (Å²) >= 11 is 0. The van der Waals surface area contributed by atoms with Crippen molar-refractivity contribution in [2.45, 2.75) is 12.8 Å². The number of aromatic nitrogens is 2. The molecule has 1 aliphatic rings.